The van der Waals surface area contributed by atoms with Gasteiger partial charge in [-0.3, -0.25) is 9.59 Å². The molecule has 3 N–H and O–H groups in total. The van der Waals surface area contributed by atoms with E-state index >= 15 is 0 Å². The van der Waals surface area contributed by atoms with E-state index in [1.807, 2.05) is 30.3 Å². The van der Waals surface area contributed by atoms with E-state index in [0.717, 1.165) is 10.9 Å². The number of amides is 2. The van der Waals surface area contributed by atoms with Crippen LogP contribution >= 0.6 is 0 Å². The van der Waals surface area contributed by atoms with Crippen molar-refractivity contribution in [1.29, 1.82) is 0 Å². The summed E-state index contributed by atoms with van der Waals surface area (Å²) in [7, 11) is 6.47. The molecule has 1 heterocycles. The SMILES string of the molecule is CNc1nc(-c2cccc(N(CCOC)C(=O)c3ccc(C(N)=O)cc3)c2)c2cc(OC)c(OC)cc2n1. The molecule has 1 aromatic heterocycles. The van der Waals surface area contributed by atoms with Crippen molar-refractivity contribution >= 4 is 34.4 Å². The molecule has 0 spiro atoms. The number of methoxy groups -OCH3 is 3. The van der Waals surface area contributed by atoms with Crippen molar-refractivity contribution in [2.75, 3.05) is 51.7 Å². The van der Waals surface area contributed by atoms with Crippen molar-refractivity contribution in [2.45, 2.75) is 0 Å². The molecular weight excluding hydrogens is 486 g/mol. The van der Waals surface area contributed by atoms with Crippen LogP contribution in [0.4, 0.5) is 11.6 Å². The predicted octanol–water partition coefficient (Wildman–Crippen LogP) is 3.75. The van der Waals surface area contributed by atoms with Crippen LogP contribution in [-0.4, -0.2) is 63.3 Å². The molecule has 0 saturated heterocycles. The van der Waals surface area contributed by atoms with Crippen molar-refractivity contribution in [3.05, 3.63) is 71.8 Å². The van der Waals surface area contributed by atoms with Crippen LogP contribution in [0.15, 0.2) is 60.7 Å². The maximum absolute atomic E-state index is 13.5. The lowest BCUT2D eigenvalue weighted by Crippen LogP contribution is -2.34. The molecule has 10 heteroatoms. The Morgan fingerprint density at radius 3 is 2.24 bits per heavy atom. The number of carbonyl (C=O) groups excluding carboxylic acids is 2. The van der Waals surface area contributed by atoms with E-state index in [0.29, 0.717) is 58.6 Å². The first-order valence-corrected chi connectivity index (χ1v) is 11.8. The normalized spacial score (nSPS) is 10.7. The first kappa shape index (κ1) is 26.4. The van der Waals surface area contributed by atoms with Gasteiger partial charge >= 0.3 is 0 Å². The second-order valence-electron chi connectivity index (χ2n) is 8.31. The van der Waals surface area contributed by atoms with Crippen LogP contribution in [0.25, 0.3) is 22.2 Å². The van der Waals surface area contributed by atoms with E-state index in [-0.39, 0.29) is 5.91 Å². The van der Waals surface area contributed by atoms with Gasteiger partial charge in [0.1, 0.15) is 0 Å². The van der Waals surface area contributed by atoms with Crippen LogP contribution in [-0.2, 0) is 4.74 Å². The first-order valence-electron chi connectivity index (χ1n) is 11.8. The van der Waals surface area contributed by atoms with E-state index in [1.54, 1.807) is 51.5 Å². The van der Waals surface area contributed by atoms with Crippen molar-refractivity contribution in [1.82, 2.24) is 9.97 Å². The number of nitrogens with zero attached hydrogens (tertiary/aromatic N) is 3. The molecule has 0 aliphatic carbocycles. The Hall–Kier alpha value is -4.70. The van der Waals surface area contributed by atoms with Gasteiger partial charge in [0.05, 0.1) is 32.0 Å². The number of fused-ring (bicyclic) bond motifs is 1. The fourth-order valence-corrected chi connectivity index (χ4v) is 4.07. The molecular formula is C28H29N5O5. The molecule has 0 fully saturated rings. The van der Waals surface area contributed by atoms with Crippen molar-refractivity contribution < 1.29 is 23.8 Å². The average molecular weight is 516 g/mol. The highest BCUT2D eigenvalue weighted by atomic mass is 16.5. The molecule has 38 heavy (non-hydrogen) atoms. The van der Waals surface area contributed by atoms with Gasteiger partial charge in [-0.25, -0.2) is 9.97 Å². The third-order valence-corrected chi connectivity index (χ3v) is 6.04. The highest BCUT2D eigenvalue weighted by molar-refractivity contribution is 6.07. The lowest BCUT2D eigenvalue weighted by Gasteiger charge is -2.23. The zero-order valence-electron chi connectivity index (χ0n) is 21.6. The van der Waals surface area contributed by atoms with Crippen LogP contribution in [0.3, 0.4) is 0 Å². The van der Waals surface area contributed by atoms with E-state index < -0.39 is 5.91 Å². The molecule has 4 rings (SSSR count). The van der Waals surface area contributed by atoms with Crippen LogP contribution in [0.1, 0.15) is 20.7 Å². The number of carbonyl (C=O) groups is 2. The quantitative estimate of drug-likeness (QED) is 0.327. The van der Waals surface area contributed by atoms with Gasteiger partial charge in [-0.1, -0.05) is 12.1 Å². The lowest BCUT2D eigenvalue weighted by molar-refractivity contribution is 0.0971. The number of aromatic nitrogens is 2. The predicted molar refractivity (Wildman–Crippen MR) is 146 cm³/mol. The third kappa shape index (κ3) is 5.35. The number of nitrogens with one attached hydrogen (secondary N) is 1. The fraction of sp³-hybridized carbons (Fsp3) is 0.214. The van der Waals surface area contributed by atoms with Crippen LogP contribution < -0.4 is 25.4 Å². The summed E-state index contributed by atoms with van der Waals surface area (Å²) in [6.45, 7) is 0.639. The molecule has 2 amide bonds. The summed E-state index contributed by atoms with van der Waals surface area (Å²) in [6.07, 6.45) is 0. The Kier molecular flexibility index (Phi) is 8.03. The van der Waals surface area contributed by atoms with Crippen molar-refractivity contribution in [3.63, 3.8) is 0 Å². The molecule has 196 valence electrons. The number of hydrogen-bond acceptors (Lipinski definition) is 8. The van der Waals surface area contributed by atoms with Gasteiger partial charge in [-0.15, -0.1) is 0 Å². The molecule has 0 atom stereocenters. The lowest BCUT2D eigenvalue weighted by atomic mass is 10.0. The molecule has 0 saturated carbocycles. The molecule has 0 radical (unpaired) electrons. The monoisotopic (exact) mass is 515 g/mol. The smallest absolute Gasteiger partial charge is 0.258 e. The molecule has 0 bridgehead atoms. The summed E-state index contributed by atoms with van der Waals surface area (Å²) >= 11 is 0. The Labute approximate surface area is 220 Å². The number of benzene rings is 3. The average Bonchev–Trinajstić information content (AvgIpc) is 2.95. The minimum absolute atomic E-state index is 0.245. The Bertz CT molecular complexity index is 1470. The van der Waals surface area contributed by atoms with Gasteiger partial charge in [0.2, 0.25) is 11.9 Å². The van der Waals surface area contributed by atoms with Gasteiger partial charge in [0, 0.05) is 54.5 Å². The number of nitrogens with two attached hydrogens (primary N) is 1. The largest absolute Gasteiger partial charge is 0.493 e. The Morgan fingerprint density at radius 2 is 1.61 bits per heavy atom. The molecule has 3 aromatic carbocycles. The summed E-state index contributed by atoms with van der Waals surface area (Å²) in [4.78, 5) is 35.9. The molecule has 0 aliphatic heterocycles. The van der Waals surface area contributed by atoms with E-state index in [9.17, 15) is 9.59 Å². The number of hydrogen-bond donors (Lipinski definition) is 2. The third-order valence-electron chi connectivity index (χ3n) is 6.04. The van der Waals surface area contributed by atoms with Gasteiger partial charge in [-0.2, -0.15) is 0 Å². The second kappa shape index (κ2) is 11.6. The summed E-state index contributed by atoms with van der Waals surface area (Å²) in [5.41, 5.74) is 8.85. The van der Waals surface area contributed by atoms with Gasteiger partial charge in [0.15, 0.2) is 11.5 Å². The minimum atomic E-state index is -0.555. The van der Waals surface area contributed by atoms with E-state index in [1.165, 1.54) is 12.1 Å². The second-order valence-corrected chi connectivity index (χ2v) is 8.31. The highest BCUT2D eigenvalue weighted by Crippen LogP contribution is 2.37. The molecule has 4 aromatic rings. The number of rotatable bonds is 10. The Balaban J connectivity index is 1.81. The zero-order chi connectivity index (χ0) is 27.2. The molecule has 0 aliphatic rings. The van der Waals surface area contributed by atoms with E-state index in [4.69, 9.17) is 24.9 Å². The number of ether oxygens (including phenoxy) is 3. The van der Waals surface area contributed by atoms with Crippen molar-refractivity contribution in [3.8, 4) is 22.8 Å². The van der Waals surface area contributed by atoms with Crippen LogP contribution in [0, 0.1) is 0 Å². The first-order chi connectivity index (χ1) is 18.4. The standard InChI is InChI=1S/C28H29N5O5/c1-30-28-31-22-16-24(38-4)23(37-3)15-21(22)25(32-28)19-6-5-7-20(14-19)33(12-13-36-2)27(35)18-10-8-17(9-11-18)26(29)34/h5-11,14-16H,12-13H2,1-4H3,(H2,29,34)(H,30,31,32). The maximum atomic E-state index is 13.5. The summed E-state index contributed by atoms with van der Waals surface area (Å²) < 4.78 is 16.2. The molecule has 10 nitrogen and oxygen atoms in total. The van der Waals surface area contributed by atoms with Gasteiger partial charge < -0.3 is 30.2 Å². The molecule has 0 unspecified atom stereocenters. The topological polar surface area (TPSA) is 129 Å². The van der Waals surface area contributed by atoms with Crippen LogP contribution in [0.2, 0.25) is 0 Å². The van der Waals surface area contributed by atoms with Gasteiger partial charge in [0.25, 0.3) is 5.91 Å². The fourth-order valence-electron chi connectivity index (χ4n) is 4.07. The zero-order valence-corrected chi connectivity index (χ0v) is 21.6. The highest BCUT2D eigenvalue weighted by Gasteiger charge is 2.20. The number of primary amides is 1. The number of anilines is 2. The summed E-state index contributed by atoms with van der Waals surface area (Å²) in [5.74, 6) is 0.742. The Morgan fingerprint density at radius 1 is 0.921 bits per heavy atom. The van der Waals surface area contributed by atoms with E-state index in [2.05, 4.69) is 10.3 Å². The van der Waals surface area contributed by atoms with Gasteiger partial charge in [-0.05, 0) is 42.5 Å². The van der Waals surface area contributed by atoms with Crippen molar-refractivity contribution in [2.24, 2.45) is 5.73 Å². The maximum Gasteiger partial charge on any atom is 0.258 e. The minimum Gasteiger partial charge on any atom is -0.493 e. The summed E-state index contributed by atoms with van der Waals surface area (Å²) in [6, 6.07) is 17.4. The van der Waals surface area contributed by atoms with Crippen LogP contribution in [0.5, 0.6) is 11.5 Å². The summed E-state index contributed by atoms with van der Waals surface area (Å²) in [5, 5.41) is 3.76.